The maximum Gasteiger partial charge on any atom is 0.167 e. The zero-order valence-corrected chi connectivity index (χ0v) is 15.7. The van der Waals surface area contributed by atoms with Gasteiger partial charge >= 0.3 is 0 Å². The first kappa shape index (κ1) is 17.7. The lowest BCUT2D eigenvalue weighted by Crippen LogP contribution is -2.15. The second-order valence-electron chi connectivity index (χ2n) is 5.97. The number of anilines is 1. The zero-order chi connectivity index (χ0) is 17.8. The normalized spacial score (nSPS) is 20.0. The highest BCUT2D eigenvalue weighted by Crippen LogP contribution is 2.31. The lowest BCUT2D eigenvalue weighted by molar-refractivity contribution is -0.0128. The number of nitrogens with one attached hydrogen (secondary N) is 1. The average Bonchev–Trinajstić information content (AvgIpc) is 3.40. The molecule has 1 saturated heterocycles. The molecule has 3 N–H and O–H groups in total. The first-order valence-corrected chi connectivity index (χ1v) is 10.1. The van der Waals surface area contributed by atoms with Crippen LogP contribution >= 0.6 is 23.6 Å². The highest BCUT2D eigenvalue weighted by Gasteiger charge is 2.28. The second kappa shape index (κ2) is 8.31. The van der Waals surface area contributed by atoms with Crippen LogP contribution in [0.4, 0.5) is 5.82 Å². The van der Waals surface area contributed by atoms with Crippen molar-refractivity contribution in [2.45, 2.75) is 31.6 Å². The number of nitrogens with two attached hydrogens (primary N) is 1. The quantitative estimate of drug-likeness (QED) is 0.446. The van der Waals surface area contributed by atoms with E-state index in [1.54, 1.807) is 24.0 Å². The fraction of sp³-hybridized carbons (Fsp3) is 0.438. The molecule has 0 aromatic carbocycles. The van der Waals surface area contributed by atoms with E-state index in [4.69, 9.17) is 14.1 Å². The van der Waals surface area contributed by atoms with Gasteiger partial charge in [-0.2, -0.15) is 0 Å². The summed E-state index contributed by atoms with van der Waals surface area (Å²) in [6, 6.07) is 4.20. The van der Waals surface area contributed by atoms with Crippen molar-refractivity contribution in [2.75, 3.05) is 18.5 Å². The molecule has 1 fully saturated rings. The van der Waals surface area contributed by atoms with E-state index < -0.39 is 0 Å². The number of hydrogen-bond donors (Lipinski definition) is 2. The number of imidazole rings is 1. The van der Waals surface area contributed by atoms with Crippen LogP contribution in [0.15, 0.2) is 30.2 Å². The standard InChI is InChI=1S/C16H20N6O2S2/c17-26-23-8-11-3-4-13(24-11)22-10-21-14-15(19-9-20-16(14)22)18-6-5-12-2-1-7-25-12/h1-2,7,9-11,13H,3-6,8,17H2,(H,18,19,20). The summed E-state index contributed by atoms with van der Waals surface area (Å²) in [6.07, 6.45) is 6.05. The van der Waals surface area contributed by atoms with Crippen LogP contribution in [0.25, 0.3) is 11.2 Å². The Hall–Kier alpha value is -1.72. The molecule has 138 valence electrons. The molecule has 3 aromatic heterocycles. The molecule has 0 saturated carbocycles. The molecule has 26 heavy (non-hydrogen) atoms. The third-order valence-corrected chi connectivity index (χ3v) is 5.53. The molecule has 0 radical (unpaired) electrons. The molecule has 0 amide bonds. The molecule has 4 heterocycles. The van der Waals surface area contributed by atoms with E-state index in [1.165, 1.54) is 4.88 Å². The van der Waals surface area contributed by atoms with Crippen molar-refractivity contribution in [3.63, 3.8) is 0 Å². The molecule has 2 atom stereocenters. The molecule has 8 nitrogen and oxygen atoms in total. The molecule has 0 spiro atoms. The van der Waals surface area contributed by atoms with Crippen LogP contribution in [0.1, 0.15) is 23.9 Å². The summed E-state index contributed by atoms with van der Waals surface area (Å²) in [7, 11) is 0. The molecule has 4 rings (SSSR count). The summed E-state index contributed by atoms with van der Waals surface area (Å²) < 4.78 is 13.2. The Balaban J connectivity index is 1.45. The van der Waals surface area contributed by atoms with Gasteiger partial charge in [0.05, 0.1) is 31.3 Å². The van der Waals surface area contributed by atoms with Crippen molar-refractivity contribution in [2.24, 2.45) is 5.14 Å². The van der Waals surface area contributed by atoms with Gasteiger partial charge < -0.3 is 10.1 Å². The minimum absolute atomic E-state index is 0.0405. The monoisotopic (exact) mass is 392 g/mol. The molecular weight excluding hydrogens is 372 g/mol. The third-order valence-electron chi connectivity index (χ3n) is 4.32. The summed E-state index contributed by atoms with van der Waals surface area (Å²) >= 11 is 2.63. The van der Waals surface area contributed by atoms with E-state index in [-0.39, 0.29) is 12.3 Å². The maximum absolute atomic E-state index is 6.04. The smallest absolute Gasteiger partial charge is 0.167 e. The van der Waals surface area contributed by atoms with Crippen LogP contribution in [0.5, 0.6) is 0 Å². The van der Waals surface area contributed by atoms with Crippen LogP contribution in [-0.2, 0) is 15.3 Å². The number of thiophene rings is 1. The van der Waals surface area contributed by atoms with E-state index in [1.807, 2.05) is 4.57 Å². The largest absolute Gasteiger partial charge is 0.368 e. The van der Waals surface area contributed by atoms with Crippen molar-refractivity contribution in [1.29, 1.82) is 0 Å². The van der Waals surface area contributed by atoms with Gasteiger partial charge in [-0.05, 0) is 30.7 Å². The van der Waals surface area contributed by atoms with E-state index >= 15 is 0 Å². The Morgan fingerprint density at radius 3 is 3.19 bits per heavy atom. The lowest BCUT2D eigenvalue weighted by Gasteiger charge is -2.14. The van der Waals surface area contributed by atoms with Gasteiger partial charge in [0.1, 0.15) is 12.6 Å². The van der Waals surface area contributed by atoms with Crippen molar-refractivity contribution in [3.8, 4) is 0 Å². The van der Waals surface area contributed by atoms with Crippen LogP contribution < -0.4 is 10.5 Å². The maximum atomic E-state index is 6.04. The number of ether oxygens (including phenoxy) is 1. The molecule has 0 aliphatic carbocycles. The van der Waals surface area contributed by atoms with Crippen LogP contribution in [0, 0.1) is 0 Å². The fourth-order valence-electron chi connectivity index (χ4n) is 3.08. The van der Waals surface area contributed by atoms with E-state index in [2.05, 4.69) is 37.8 Å². The Bertz CT molecular complexity index is 841. The van der Waals surface area contributed by atoms with E-state index in [0.29, 0.717) is 6.61 Å². The summed E-state index contributed by atoms with van der Waals surface area (Å²) in [6.45, 7) is 1.28. The first-order valence-electron chi connectivity index (χ1n) is 8.42. The Morgan fingerprint density at radius 2 is 2.35 bits per heavy atom. The third kappa shape index (κ3) is 3.84. The van der Waals surface area contributed by atoms with Gasteiger partial charge in [-0.25, -0.2) is 15.0 Å². The number of rotatable bonds is 8. The number of fused-ring (bicyclic) bond motifs is 1. The van der Waals surface area contributed by atoms with Gasteiger partial charge in [-0.15, -0.1) is 11.3 Å². The second-order valence-corrected chi connectivity index (χ2v) is 7.43. The minimum Gasteiger partial charge on any atom is -0.368 e. The van der Waals surface area contributed by atoms with Gasteiger partial charge in [0, 0.05) is 11.4 Å². The highest BCUT2D eigenvalue weighted by molar-refractivity contribution is 7.92. The number of hydrogen-bond acceptors (Lipinski definition) is 9. The molecule has 3 aromatic rings. The van der Waals surface area contributed by atoms with Gasteiger partial charge in [0.2, 0.25) is 0 Å². The summed E-state index contributed by atoms with van der Waals surface area (Å²) in [4.78, 5) is 14.6. The van der Waals surface area contributed by atoms with Crippen molar-refractivity contribution < 1.29 is 8.92 Å². The SMILES string of the molecule is NSOCC1CCC(n2cnc3c(NCCc4cccs4)ncnc32)O1. The summed E-state index contributed by atoms with van der Waals surface area (Å²) in [5.41, 5.74) is 1.54. The van der Waals surface area contributed by atoms with E-state index in [0.717, 1.165) is 55.0 Å². The average molecular weight is 393 g/mol. The van der Waals surface area contributed by atoms with Crippen LogP contribution in [0.3, 0.4) is 0 Å². The van der Waals surface area contributed by atoms with Crippen LogP contribution in [0.2, 0.25) is 0 Å². The minimum atomic E-state index is -0.0924. The molecule has 10 heteroatoms. The van der Waals surface area contributed by atoms with Gasteiger partial charge in [0.15, 0.2) is 17.0 Å². The topological polar surface area (TPSA) is 100 Å². The van der Waals surface area contributed by atoms with Crippen molar-refractivity contribution >= 4 is 40.5 Å². The zero-order valence-electron chi connectivity index (χ0n) is 14.1. The fourth-order valence-corrected chi connectivity index (χ4v) is 4.02. The Labute approximate surface area is 159 Å². The molecule has 1 aliphatic heterocycles. The molecule has 2 unspecified atom stereocenters. The predicted molar refractivity (Wildman–Crippen MR) is 103 cm³/mol. The summed E-state index contributed by atoms with van der Waals surface area (Å²) in [5.74, 6) is 0.753. The first-order chi connectivity index (χ1) is 12.8. The summed E-state index contributed by atoms with van der Waals surface area (Å²) in [5, 5.41) is 10.8. The van der Waals surface area contributed by atoms with Crippen molar-refractivity contribution in [3.05, 3.63) is 35.0 Å². The van der Waals surface area contributed by atoms with Crippen molar-refractivity contribution in [1.82, 2.24) is 19.5 Å². The Kier molecular flexibility index (Phi) is 5.65. The molecular formula is C16H20N6O2S2. The van der Waals surface area contributed by atoms with Gasteiger partial charge in [0.25, 0.3) is 0 Å². The van der Waals surface area contributed by atoms with Gasteiger partial charge in [-0.3, -0.25) is 13.9 Å². The molecule has 1 aliphatic rings. The van der Waals surface area contributed by atoms with E-state index in [9.17, 15) is 0 Å². The van der Waals surface area contributed by atoms with Gasteiger partial charge in [-0.1, -0.05) is 6.07 Å². The van der Waals surface area contributed by atoms with Crippen LogP contribution in [-0.4, -0.2) is 38.8 Å². The number of nitrogens with zero attached hydrogens (tertiary/aromatic N) is 4. The lowest BCUT2D eigenvalue weighted by atomic mass is 10.2. The predicted octanol–water partition coefficient (Wildman–Crippen LogP) is 2.76. The number of aromatic nitrogens is 4. The highest BCUT2D eigenvalue weighted by atomic mass is 32.2. The molecule has 0 bridgehead atoms. The Morgan fingerprint density at radius 1 is 1.38 bits per heavy atom.